The van der Waals surface area contributed by atoms with Gasteiger partial charge in [-0.15, -0.1) is 5.10 Å². The van der Waals surface area contributed by atoms with Crippen molar-refractivity contribution in [2.24, 2.45) is 0 Å². The van der Waals surface area contributed by atoms with Gasteiger partial charge in [-0.25, -0.2) is 14.5 Å². The van der Waals surface area contributed by atoms with Crippen molar-refractivity contribution < 1.29 is 17.9 Å². The number of aromatic amines is 1. The summed E-state index contributed by atoms with van der Waals surface area (Å²) in [5.41, 5.74) is -0.374. The molecule has 0 aliphatic rings. The second-order valence-corrected chi connectivity index (χ2v) is 3.84. The Bertz CT molecular complexity index is 658. The van der Waals surface area contributed by atoms with Crippen molar-refractivity contribution in [3.05, 3.63) is 40.1 Å². The number of aromatic nitrogens is 3. The van der Waals surface area contributed by atoms with Crippen LogP contribution >= 0.6 is 0 Å². The van der Waals surface area contributed by atoms with Gasteiger partial charge in [-0.05, 0) is 30.7 Å². The molecule has 0 radical (unpaired) electrons. The van der Waals surface area contributed by atoms with Crippen molar-refractivity contribution in [3.8, 4) is 11.4 Å². The van der Waals surface area contributed by atoms with Crippen LogP contribution in [0.15, 0.2) is 23.0 Å². The Hall–Kier alpha value is -2.25. The van der Waals surface area contributed by atoms with E-state index in [-0.39, 0.29) is 5.69 Å². The van der Waals surface area contributed by atoms with Crippen molar-refractivity contribution in [3.63, 3.8) is 0 Å². The van der Waals surface area contributed by atoms with Crippen LogP contribution in [0.1, 0.15) is 11.4 Å². The molecule has 1 aromatic heterocycles. The number of aryl methyl sites for hydroxylation is 1. The first kappa shape index (κ1) is 13.2. The molecule has 2 aromatic rings. The van der Waals surface area contributed by atoms with Crippen molar-refractivity contribution in [2.45, 2.75) is 13.1 Å². The molecule has 1 aromatic carbocycles. The van der Waals surface area contributed by atoms with Crippen LogP contribution in [0.2, 0.25) is 0 Å². The van der Waals surface area contributed by atoms with Crippen molar-refractivity contribution in [2.75, 3.05) is 7.11 Å². The number of nitrogens with zero attached hydrogens (tertiary/aromatic N) is 2. The minimum Gasteiger partial charge on any atom is -0.497 e. The lowest BCUT2D eigenvalue weighted by molar-refractivity contribution is -0.146. The zero-order chi connectivity index (χ0) is 14.2. The largest absolute Gasteiger partial charge is 0.497 e. The molecule has 0 spiro atoms. The second-order valence-electron chi connectivity index (χ2n) is 3.84. The summed E-state index contributed by atoms with van der Waals surface area (Å²) in [6.07, 6.45) is -4.72. The summed E-state index contributed by atoms with van der Waals surface area (Å²) < 4.78 is 43.7. The molecule has 1 heterocycles. The fourth-order valence-electron chi connectivity index (χ4n) is 1.72. The Balaban J connectivity index is 2.66. The van der Waals surface area contributed by atoms with Gasteiger partial charge in [0, 0.05) is 0 Å². The number of rotatable bonds is 2. The molecule has 1 N–H and O–H groups in total. The fourth-order valence-corrected chi connectivity index (χ4v) is 1.72. The van der Waals surface area contributed by atoms with Crippen LogP contribution in [0.5, 0.6) is 5.75 Å². The van der Waals surface area contributed by atoms with E-state index >= 15 is 0 Å². The van der Waals surface area contributed by atoms with Gasteiger partial charge in [0.1, 0.15) is 5.75 Å². The number of halogens is 3. The number of ether oxygens (including phenoxy) is 1. The van der Waals surface area contributed by atoms with Gasteiger partial charge >= 0.3 is 11.9 Å². The fraction of sp³-hybridized carbons (Fsp3) is 0.273. The maximum atomic E-state index is 12.8. The summed E-state index contributed by atoms with van der Waals surface area (Å²) in [6, 6.07) is 4.39. The molecule has 102 valence electrons. The zero-order valence-corrected chi connectivity index (χ0v) is 10.1. The van der Waals surface area contributed by atoms with E-state index in [1.807, 2.05) is 0 Å². The minimum absolute atomic E-state index is 0.104. The van der Waals surface area contributed by atoms with Gasteiger partial charge in [-0.2, -0.15) is 13.2 Å². The second kappa shape index (κ2) is 4.45. The number of nitrogens with one attached hydrogen (secondary N) is 1. The lowest BCUT2D eigenvalue weighted by Gasteiger charge is -2.11. The Morgan fingerprint density at radius 1 is 1.37 bits per heavy atom. The smallest absolute Gasteiger partial charge is 0.452 e. The van der Waals surface area contributed by atoms with Gasteiger partial charge in [0.15, 0.2) is 0 Å². The highest BCUT2D eigenvalue weighted by atomic mass is 19.4. The molecule has 0 aliphatic heterocycles. The van der Waals surface area contributed by atoms with Crippen LogP contribution < -0.4 is 10.4 Å². The highest BCUT2D eigenvalue weighted by molar-refractivity contribution is 5.45. The molecule has 0 fully saturated rings. The molecule has 19 heavy (non-hydrogen) atoms. The first-order valence-electron chi connectivity index (χ1n) is 5.24. The number of hydrogen-bond donors (Lipinski definition) is 1. The van der Waals surface area contributed by atoms with Crippen LogP contribution in [0, 0.1) is 6.92 Å². The van der Waals surface area contributed by atoms with E-state index in [9.17, 15) is 18.0 Å². The zero-order valence-electron chi connectivity index (χ0n) is 10.1. The van der Waals surface area contributed by atoms with E-state index in [0.29, 0.717) is 15.9 Å². The lowest BCUT2D eigenvalue weighted by atomic mass is 10.2. The Morgan fingerprint density at radius 3 is 2.58 bits per heavy atom. The summed E-state index contributed by atoms with van der Waals surface area (Å²) in [6.45, 7) is 1.58. The topological polar surface area (TPSA) is 59.9 Å². The standard InChI is InChI=1S/C11H10F3N3O2/c1-6-5-7(19-2)3-4-8(6)17-9(11(12,13)14)15-16-10(17)18/h3-5H,1-2H3,(H,16,18). The van der Waals surface area contributed by atoms with Crippen molar-refractivity contribution in [1.29, 1.82) is 0 Å². The summed E-state index contributed by atoms with van der Waals surface area (Å²) >= 11 is 0. The maximum absolute atomic E-state index is 12.8. The summed E-state index contributed by atoms with van der Waals surface area (Å²) in [5, 5.41) is 4.82. The molecule has 0 saturated carbocycles. The van der Waals surface area contributed by atoms with Gasteiger partial charge in [0.05, 0.1) is 12.8 Å². The quantitative estimate of drug-likeness (QED) is 0.909. The molecule has 2 rings (SSSR count). The number of methoxy groups -OCH3 is 1. The van der Waals surface area contributed by atoms with E-state index in [1.165, 1.54) is 25.3 Å². The lowest BCUT2D eigenvalue weighted by Crippen LogP contribution is -2.22. The molecular weight excluding hydrogens is 263 g/mol. The highest BCUT2D eigenvalue weighted by Gasteiger charge is 2.38. The SMILES string of the molecule is COc1ccc(-n2c(C(F)(F)F)n[nH]c2=O)c(C)c1. The van der Waals surface area contributed by atoms with E-state index in [4.69, 9.17) is 4.74 Å². The predicted octanol–water partition coefficient (Wildman–Crippen LogP) is 1.90. The normalized spacial score (nSPS) is 11.6. The molecule has 0 saturated heterocycles. The molecule has 0 bridgehead atoms. The maximum Gasteiger partial charge on any atom is 0.452 e. The van der Waals surface area contributed by atoms with Gasteiger partial charge in [0.2, 0.25) is 5.82 Å². The summed E-state index contributed by atoms with van der Waals surface area (Å²) in [5.74, 6) is -0.794. The summed E-state index contributed by atoms with van der Waals surface area (Å²) in [7, 11) is 1.44. The predicted molar refractivity (Wildman–Crippen MR) is 60.5 cm³/mol. The van der Waals surface area contributed by atoms with Gasteiger partial charge in [-0.1, -0.05) is 0 Å². The van der Waals surface area contributed by atoms with E-state index in [1.54, 1.807) is 12.0 Å². The minimum atomic E-state index is -4.72. The summed E-state index contributed by atoms with van der Waals surface area (Å²) in [4.78, 5) is 11.5. The molecular formula is C11H10F3N3O2. The Morgan fingerprint density at radius 2 is 2.05 bits per heavy atom. The molecule has 0 unspecified atom stereocenters. The Kier molecular flexibility index (Phi) is 3.09. The molecule has 5 nitrogen and oxygen atoms in total. The first-order chi connectivity index (χ1) is 8.84. The molecule has 0 atom stereocenters. The number of benzene rings is 1. The van der Waals surface area contributed by atoms with Crippen LogP contribution in [0.4, 0.5) is 13.2 Å². The first-order valence-corrected chi connectivity index (χ1v) is 5.24. The van der Waals surface area contributed by atoms with E-state index in [0.717, 1.165) is 0 Å². The Labute approximate surface area is 105 Å². The highest BCUT2D eigenvalue weighted by Crippen LogP contribution is 2.29. The van der Waals surface area contributed by atoms with Gasteiger partial charge in [0.25, 0.3) is 0 Å². The van der Waals surface area contributed by atoms with Crippen LogP contribution in [0.3, 0.4) is 0 Å². The van der Waals surface area contributed by atoms with Gasteiger partial charge < -0.3 is 4.74 Å². The van der Waals surface area contributed by atoms with Crippen LogP contribution in [-0.2, 0) is 6.18 Å². The monoisotopic (exact) mass is 273 g/mol. The van der Waals surface area contributed by atoms with Gasteiger partial charge in [-0.3, -0.25) is 0 Å². The number of alkyl halides is 3. The third-order valence-corrected chi connectivity index (χ3v) is 2.57. The van der Waals surface area contributed by atoms with E-state index in [2.05, 4.69) is 5.10 Å². The number of hydrogen-bond acceptors (Lipinski definition) is 3. The molecule has 0 aliphatic carbocycles. The van der Waals surface area contributed by atoms with Crippen molar-refractivity contribution in [1.82, 2.24) is 14.8 Å². The van der Waals surface area contributed by atoms with Crippen LogP contribution in [0.25, 0.3) is 5.69 Å². The third kappa shape index (κ3) is 2.33. The third-order valence-electron chi connectivity index (χ3n) is 2.57. The van der Waals surface area contributed by atoms with Crippen molar-refractivity contribution >= 4 is 0 Å². The average molecular weight is 273 g/mol. The average Bonchev–Trinajstić information content (AvgIpc) is 2.71. The van der Waals surface area contributed by atoms with Crippen LogP contribution in [-0.4, -0.2) is 21.9 Å². The molecule has 0 amide bonds. The van der Waals surface area contributed by atoms with E-state index < -0.39 is 17.7 Å². The number of H-pyrrole nitrogens is 1. The molecule has 8 heteroatoms.